The number of hydrogen-bond donors (Lipinski definition) is 1. The number of piperidine rings is 1. The Morgan fingerprint density at radius 1 is 1.24 bits per heavy atom. The van der Waals surface area contributed by atoms with Gasteiger partial charge in [0, 0.05) is 32.7 Å². The highest BCUT2D eigenvalue weighted by atomic mass is 35.5. The molecule has 0 bridgehead atoms. The molecule has 0 aromatic heterocycles. The van der Waals surface area contributed by atoms with Crippen molar-refractivity contribution >= 4 is 18.3 Å². The second-order valence-electron chi connectivity index (χ2n) is 6.83. The summed E-state index contributed by atoms with van der Waals surface area (Å²) in [6, 6.07) is 0. The highest BCUT2D eigenvalue weighted by Gasteiger charge is 2.37. The van der Waals surface area contributed by atoms with Gasteiger partial charge in [-0.05, 0) is 56.9 Å². The van der Waals surface area contributed by atoms with Crippen molar-refractivity contribution in [1.29, 1.82) is 0 Å². The Hall–Kier alpha value is -0.320. The Kier molecular flexibility index (Phi) is 6.33. The van der Waals surface area contributed by atoms with Gasteiger partial charge in [0.2, 0.25) is 5.91 Å². The molecule has 0 aliphatic carbocycles. The SMILES string of the molecule is Cl.O=C(CCC1CCCCO1)N1CCC2(CCNC2)CC1. The van der Waals surface area contributed by atoms with E-state index in [1.807, 2.05) is 0 Å². The topological polar surface area (TPSA) is 41.6 Å². The molecular formula is C16H29ClN2O2. The number of carbonyl (C=O) groups is 1. The van der Waals surface area contributed by atoms with Crippen molar-refractivity contribution < 1.29 is 9.53 Å². The molecule has 3 aliphatic heterocycles. The third kappa shape index (κ3) is 4.33. The maximum Gasteiger partial charge on any atom is 0.222 e. The van der Waals surface area contributed by atoms with Gasteiger partial charge in [0.25, 0.3) is 0 Å². The van der Waals surface area contributed by atoms with Crippen LogP contribution in [0.5, 0.6) is 0 Å². The lowest BCUT2D eigenvalue weighted by Gasteiger charge is -2.39. The molecule has 1 N–H and O–H groups in total. The lowest BCUT2D eigenvalue weighted by Crippen LogP contribution is -2.44. The van der Waals surface area contributed by atoms with Crippen molar-refractivity contribution in [2.75, 3.05) is 32.8 Å². The maximum absolute atomic E-state index is 12.3. The van der Waals surface area contributed by atoms with Crippen LogP contribution < -0.4 is 5.32 Å². The molecular weight excluding hydrogens is 288 g/mol. The number of carbonyl (C=O) groups excluding carboxylic acids is 1. The van der Waals surface area contributed by atoms with Gasteiger partial charge in [0.05, 0.1) is 6.10 Å². The van der Waals surface area contributed by atoms with Crippen LogP contribution in [0.15, 0.2) is 0 Å². The molecule has 0 radical (unpaired) electrons. The van der Waals surface area contributed by atoms with E-state index >= 15 is 0 Å². The minimum absolute atomic E-state index is 0. The van der Waals surface area contributed by atoms with E-state index in [0.29, 0.717) is 23.8 Å². The smallest absolute Gasteiger partial charge is 0.222 e. The zero-order valence-corrected chi connectivity index (χ0v) is 13.8. The lowest BCUT2D eigenvalue weighted by molar-refractivity contribution is -0.134. The summed E-state index contributed by atoms with van der Waals surface area (Å²) in [6.07, 6.45) is 9.19. The van der Waals surface area contributed by atoms with E-state index in [0.717, 1.165) is 45.6 Å². The fourth-order valence-corrected chi connectivity index (χ4v) is 3.93. The fraction of sp³-hybridized carbons (Fsp3) is 0.938. The van der Waals surface area contributed by atoms with E-state index in [1.165, 1.54) is 32.1 Å². The molecule has 3 fully saturated rings. The highest BCUT2D eigenvalue weighted by Crippen LogP contribution is 2.37. The third-order valence-electron chi connectivity index (χ3n) is 5.46. The van der Waals surface area contributed by atoms with Crippen molar-refractivity contribution in [3.63, 3.8) is 0 Å². The van der Waals surface area contributed by atoms with Gasteiger partial charge in [-0.3, -0.25) is 4.79 Å². The molecule has 0 aromatic rings. The van der Waals surface area contributed by atoms with Gasteiger partial charge in [-0.1, -0.05) is 0 Å². The highest BCUT2D eigenvalue weighted by molar-refractivity contribution is 5.85. The zero-order valence-electron chi connectivity index (χ0n) is 12.9. The van der Waals surface area contributed by atoms with Crippen molar-refractivity contribution in [3.05, 3.63) is 0 Å². The van der Waals surface area contributed by atoms with Gasteiger partial charge in [-0.15, -0.1) is 12.4 Å². The largest absolute Gasteiger partial charge is 0.378 e. The zero-order chi connectivity index (χ0) is 13.8. The molecule has 3 aliphatic rings. The summed E-state index contributed by atoms with van der Waals surface area (Å²) >= 11 is 0. The minimum atomic E-state index is 0. The first-order valence-corrected chi connectivity index (χ1v) is 8.38. The van der Waals surface area contributed by atoms with E-state index < -0.39 is 0 Å². The van der Waals surface area contributed by atoms with Crippen molar-refractivity contribution in [2.24, 2.45) is 5.41 Å². The summed E-state index contributed by atoms with van der Waals surface area (Å²) in [5, 5.41) is 3.48. The summed E-state index contributed by atoms with van der Waals surface area (Å²) < 4.78 is 5.71. The van der Waals surface area contributed by atoms with E-state index in [4.69, 9.17) is 4.74 Å². The molecule has 1 atom stereocenters. The predicted octanol–water partition coefficient (Wildman–Crippen LogP) is 2.36. The molecule has 21 heavy (non-hydrogen) atoms. The number of amides is 1. The Labute approximate surface area is 134 Å². The normalized spacial score (nSPS) is 28.4. The van der Waals surface area contributed by atoms with Crippen molar-refractivity contribution in [2.45, 2.75) is 57.5 Å². The fourth-order valence-electron chi connectivity index (χ4n) is 3.93. The first kappa shape index (κ1) is 17.0. The van der Waals surface area contributed by atoms with Crippen LogP contribution in [0.2, 0.25) is 0 Å². The van der Waals surface area contributed by atoms with Gasteiger partial charge in [0.15, 0.2) is 0 Å². The van der Waals surface area contributed by atoms with Crippen molar-refractivity contribution in [1.82, 2.24) is 10.2 Å². The summed E-state index contributed by atoms with van der Waals surface area (Å²) in [5.41, 5.74) is 0.503. The third-order valence-corrected chi connectivity index (χ3v) is 5.46. The van der Waals surface area contributed by atoms with Crippen molar-refractivity contribution in [3.8, 4) is 0 Å². The average Bonchev–Trinajstić information content (AvgIpc) is 2.95. The van der Waals surface area contributed by atoms with Crippen LogP contribution in [0.4, 0.5) is 0 Å². The number of likely N-dealkylation sites (tertiary alicyclic amines) is 1. The van der Waals surface area contributed by atoms with E-state index in [2.05, 4.69) is 10.2 Å². The minimum Gasteiger partial charge on any atom is -0.378 e. The van der Waals surface area contributed by atoms with Gasteiger partial charge in [-0.2, -0.15) is 0 Å². The van der Waals surface area contributed by atoms with Gasteiger partial charge in [-0.25, -0.2) is 0 Å². The summed E-state index contributed by atoms with van der Waals surface area (Å²) in [6.45, 7) is 5.13. The number of halogens is 1. The summed E-state index contributed by atoms with van der Waals surface area (Å²) in [5.74, 6) is 0.347. The molecule has 0 aromatic carbocycles. The number of ether oxygens (including phenoxy) is 1. The van der Waals surface area contributed by atoms with Gasteiger partial charge >= 0.3 is 0 Å². The van der Waals surface area contributed by atoms with Crippen LogP contribution >= 0.6 is 12.4 Å². The van der Waals surface area contributed by atoms with Crippen LogP contribution in [0, 0.1) is 5.41 Å². The molecule has 3 rings (SSSR count). The second-order valence-corrected chi connectivity index (χ2v) is 6.83. The van der Waals surface area contributed by atoms with Crippen LogP contribution in [0.1, 0.15) is 51.4 Å². The van der Waals surface area contributed by atoms with E-state index in [-0.39, 0.29) is 12.4 Å². The van der Waals surface area contributed by atoms with Gasteiger partial charge in [0.1, 0.15) is 0 Å². The van der Waals surface area contributed by atoms with Crippen LogP contribution in [0.25, 0.3) is 0 Å². The summed E-state index contributed by atoms with van der Waals surface area (Å²) in [7, 11) is 0. The Bertz CT molecular complexity index is 329. The molecule has 1 unspecified atom stereocenters. The second kappa shape index (κ2) is 7.80. The van der Waals surface area contributed by atoms with E-state index in [9.17, 15) is 4.79 Å². The Morgan fingerprint density at radius 3 is 2.67 bits per heavy atom. The van der Waals surface area contributed by atoms with Crippen LogP contribution in [-0.4, -0.2) is 49.7 Å². The first-order chi connectivity index (χ1) is 9.77. The molecule has 4 nitrogen and oxygen atoms in total. The number of rotatable bonds is 3. The number of nitrogens with one attached hydrogen (secondary N) is 1. The van der Waals surface area contributed by atoms with E-state index in [1.54, 1.807) is 0 Å². The molecule has 5 heteroatoms. The lowest BCUT2D eigenvalue weighted by atomic mass is 9.78. The Morgan fingerprint density at radius 2 is 2.05 bits per heavy atom. The average molecular weight is 317 g/mol. The maximum atomic E-state index is 12.3. The van der Waals surface area contributed by atoms with Crippen LogP contribution in [0.3, 0.4) is 0 Å². The monoisotopic (exact) mass is 316 g/mol. The van der Waals surface area contributed by atoms with Crippen LogP contribution in [-0.2, 0) is 9.53 Å². The standard InChI is InChI=1S/C16H28N2O2.ClH/c19-15(5-4-14-3-1-2-12-20-14)18-10-7-16(8-11-18)6-9-17-13-16;/h14,17H,1-13H2;1H. The Balaban J connectivity index is 0.00000161. The quantitative estimate of drug-likeness (QED) is 0.869. The molecule has 3 saturated heterocycles. The molecule has 1 spiro atoms. The number of nitrogens with zero attached hydrogens (tertiary/aromatic N) is 1. The number of hydrogen-bond acceptors (Lipinski definition) is 3. The molecule has 0 saturated carbocycles. The molecule has 3 heterocycles. The summed E-state index contributed by atoms with van der Waals surface area (Å²) in [4.78, 5) is 14.4. The molecule has 1 amide bonds. The molecule has 122 valence electrons. The predicted molar refractivity (Wildman–Crippen MR) is 85.8 cm³/mol. The van der Waals surface area contributed by atoms with Gasteiger partial charge < -0.3 is 15.0 Å². The first-order valence-electron chi connectivity index (χ1n) is 8.38.